The SMILES string of the molecule is CCCC(C)(C)C(=O)NCC(N)=O. The van der Waals surface area contributed by atoms with Gasteiger partial charge in [0.1, 0.15) is 0 Å². The van der Waals surface area contributed by atoms with Crippen LogP contribution in [-0.2, 0) is 9.59 Å². The van der Waals surface area contributed by atoms with Crippen LogP contribution in [0.2, 0.25) is 0 Å². The van der Waals surface area contributed by atoms with Crippen LogP contribution in [0.1, 0.15) is 33.6 Å². The topological polar surface area (TPSA) is 72.2 Å². The van der Waals surface area contributed by atoms with E-state index in [-0.39, 0.29) is 12.5 Å². The fraction of sp³-hybridized carbons (Fsp3) is 0.778. The van der Waals surface area contributed by atoms with Gasteiger partial charge in [-0.25, -0.2) is 0 Å². The number of amides is 2. The monoisotopic (exact) mass is 186 g/mol. The number of nitrogens with two attached hydrogens (primary N) is 1. The second-order valence-electron chi connectivity index (χ2n) is 3.78. The molecular formula is C9H18N2O2. The zero-order chi connectivity index (χ0) is 10.5. The molecule has 0 aromatic rings. The minimum absolute atomic E-state index is 0.0774. The molecule has 4 heteroatoms. The van der Waals surface area contributed by atoms with Crippen LogP contribution in [0, 0.1) is 5.41 Å². The lowest BCUT2D eigenvalue weighted by atomic mass is 9.87. The van der Waals surface area contributed by atoms with E-state index in [1.54, 1.807) is 0 Å². The van der Waals surface area contributed by atoms with E-state index in [2.05, 4.69) is 5.32 Å². The van der Waals surface area contributed by atoms with Gasteiger partial charge >= 0.3 is 0 Å². The Balaban J connectivity index is 4.01. The van der Waals surface area contributed by atoms with Gasteiger partial charge in [-0.15, -0.1) is 0 Å². The summed E-state index contributed by atoms with van der Waals surface area (Å²) < 4.78 is 0. The molecule has 0 heterocycles. The number of hydrogen-bond acceptors (Lipinski definition) is 2. The average molecular weight is 186 g/mol. The highest BCUT2D eigenvalue weighted by atomic mass is 16.2. The Hall–Kier alpha value is -1.06. The lowest BCUT2D eigenvalue weighted by molar-refractivity contribution is -0.131. The molecule has 4 nitrogen and oxygen atoms in total. The maximum absolute atomic E-state index is 11.4. The van der Waals surface area contributed by atoms with Gasteiger partial charge in [0.2, 0.25) is 11.8 Å². The molecule has 0 aliphatic carbocycles. The van der Waals surface area contributed by atoms with Crippen molar-refractivity contribution in [2.45, 2.75) is 33.6 Å². The highest BCUT2D eigenvalue weighted by Crippen LogP contribution is 2.21. The van der Waals surface area contributed by atoms with Gasteiger partial charge < -0.3 is 11.1 Å². The van der Waals surface area contributed by atoms with Gasteiger partial charge in [-0.05, 0) is 6.42 Å². The second-order valence-corrected chi connectivity index (χ2v) is 3.78. The predicted octanol–water partition coefficient (Wildman–Crippen LogP) is 0.414. The van der Waals surface area contributed by atoms with Crippen molar-refractivity contribution in [2.75, 3.05) is 6.54 Å². The standard InChI is InChI=1S/C9H18N2O2/c1-4-5-9(2,3)8(13)11-6-7(10)12/h4-6H2,1-3H3,(H2,10,12)(H,11,13). The molecule has 0 aliphatic rings. The summed E-state index contributed by atoms with van der Waals surface area (Å²) in [7, 11) is 0. The Morgan fingerprint density at radius 1 is 1.38 bits per heavy atom. The first kappa shape index (κ1) is 11.9. The Bertz CT molecular complexity index is 200. The van der Waals surface area contributed by atoms with Crippen molar-refractivity contribution in [3.05, 3.63) is 0 Å². The highest BCUT2D eigenvalue weighted by Gasteiger charge is 2.26. The van der Waals surface area contributed by atoms with Gasteiger partial charge in [-0.2, -0.15) is 0 Å². The lowest BCUT2D eigenvalue weighted by Gasteiger charge is -2.22. The summed E-state index contributed by atoms with van der Waals surface area (Å²) in [5, 5.41) is 2.49. The molecule has 2 amide bonds. The Labute approximate surface area is 78.9 Å². The Morgan fingerprint density at radius 3 is 2.31 bits per heavy atom. The first-order valence-electron chi connectivity index (χ1n) is 4.46. The number of rotatable bonds is 5. The minimum Gasteiger partial charge on any atom is -0.368 e. The van der Waals surface area contributed by atoms with Crippen molar-refractivity contribution in [2.24, 2.45) is 11.1 Å². The van der Waals surface area contributed by atoms with Crippen molar-refractivity contribution in [3.8, 4) is 0 Å². The van der Waals surface area contributed by atoms with E-state index >= 15 is 0 Å². The maximum atomic E-state index is 11.4. The molecule has 0 saturated heterocycles. The summed E-state index contributed by atoms with van der Waals surface area (Å²) in [6.07, 6.45) is 1.74. The van der Waals surface area contributed by atoms with Gasteiger partial charge in [0, 0.05) is 5.41 Å². The van der Waals surface area contributed by atoms with Gasteiger partial charge in [-0.3, -0.25) is 9.59 Å². The van der Waals surface area contributed by atoms with Gasteiger partial charge in [0.25, 0.3) is 0 Å². The molecule has 3 N–H and O–H groups in total. The van der Waals surface area contributed by atoms with Crippen LogP contribution in [0.5, 0.6) is 0 Å². The lowest BCUT2D eigenvalue weighted by Crippen LogP contribution is -2.41. The molecule has 13 heavy (non-hydrogen) atoms. The highest BCUT2D eigenvalue weighted by molar-refractivity contribution is 5.86. The predicted molar refractivity (Wildman–Crippen MR) is 50.9 cm³/mol. The Kier molecular flexibility index (Phi) is 4.45. The molecular weight excluding hydrogens is 168 g/mol. The quantitative estimate of drug-likeness (QED) is 0.653. The number of carbonyl (C=O) groups excluding carboxylic acids is 2. The van der Waals surface area contributed by atoms with E-state index in [0.717, 1.165) is 12.8 Å². The largest absolute Gasteiger partial charge is 0.368 e. The summed E-state index contributed by atoms with van der Waals surface area (Å²) >= 11 is 0. The average Bonchev–Trinajstić information content (AvgIpc) is 1.99. The fourth-order valence-corrected chi connectivity index (χ4v) is 1.15. The van der Waals surface area contributed by atoms with E-state index in [1.807, 2.05) is 20.8 Å². The molecule has 0 aromatic heterocycles. The first-order valence-corrected chi connectivity index (χ1v) is 4.46. The maximum Gasteiger partial charge on any atom is 0.236 e. The summed E-state index contributed by atoms with van der Waals surface area (Å²) in [6.45, 7) is 5.65. The summed E-state index contributed by atoms with van der Waals surface area (Å²) in [6, 6.07) is 0. The van der Waals surface area contributed by atoms with Crippen LogP contribution in [-0.4, -0.2) is 18.4 Å². The smallest absolute Gasteiger partial charge is 0.236 e. The van der Waals surface area contributed by atoms with Crippen LogP contribution in [0.4, 0.5) is 0 Å². The molecule has 0 atom stereocenters. The fourth-order valence-electron chi connectivity index (χ4n) is 1.15. The number of hydrogen-bond donors (Lipinski definition) is 2. The molecule has 0 rings (SSSR count). The van der Waals surface area contributed by atoms with E-state index < -0.39 is 11.3 Å². The third-order valence-corrected chi connectivity index (χ3v) is 1.91. The molecule has 0 aromatic carbocycles. The number of nitrogens with one attached hydrogen (secondary N) is 1. The minimum atomic E-state index is -0.513. The summed E-state index contributed by atoms with van der Waals surface area (Å²) in [5.74, 6) is -0.631. The van der Waals surface area contributed by atoms with Crippen LogP contribution in [0.3, 0.4) is 0 Å². The van der Waals surface area contributed by atoms with Crippen molar-refractivity contribution in [3.63, 3.8) is 0 Å². The molecule has 0 spiro atoms. The van der Waals surface area contributed by atoms with Crippen LogP contribution in [0.15, 0.2) is 0 Å². The van der Waals surface area contributed by atoms with Gasteiger partial charge in [-0.1, -0.05) is 27.2 Å². The van der Waals surface area contributed by atoms with Crippen molar-refractivity contribution >= 4 is 11.8 Å². The Morgan fingerprint density at radius 2 is 1.92 bits per heavy atom. The zero-order valence-corrected chi connectivity index (χ0v) is 8.52. The second kappa shape index (κ2) is 4.84. The van der Waals surface area contributed by atoms with Gasteiger partial charge in [0.05, 0.1) is 6.54 Å². The zero-order valence-electron chi connectivity index (χ0n) is 8.52. The third-order valence-electron chi connectivity index (χ3n) is 1.91. The molecule has 0 bridgehead atoms. The van der Waals surface area contributed by atoms with Crippen LogP contribution in [0.25, 0.3) is 0 Å². The number of primary amides is 1. The van der Waals surface area contributed by atoms with E-state index in [9.17, 15) is 9.59 Å². The van der Waals surface area contributed by atoms with Crippen molar-refractivity contribution < 1.29 is 9.59 Å². The molecule has 0 aliphatic heterocycles. The van der Waals surface area contributed by atoms with Crippen molar-refractivity contribution in [1.29, 1.82) is 0 Å². The molecule has 0 fully saturated rings. The summed E-state index contributed by atoms with van der Waals surface area (Å²) in [5.41, 5.74) is 4.49. The molecule has 0 saturated carbocycles. The summed E-state index contributed by atoms with van der Waals surface area (Å²) in [4.78, 5) is 21.8. The van der Waals surface area contributed by atoms with E-state index in [0.29, 0.717) is 0 Å². The molecule has 0 unspecified atom stereocenters. The normalized spacial score (nSPS) is 11.0. The third kappa shape index (κ3) is 4.50. The van der Waals surface area contributed by atoms with Gasteiger partial charge in [0.15, 0.2) is 0 Å². The van der Waals surface area contributed by atoms with Crippen molar-refractivity contribution in [1.82, 2.24) is 5.32 Å². The van der Waals surface area contributed by atoms with E-state index in [4.69, 9.17) is 5.73 Å². The van der Waals surface area contributed by atoms with E-state index in [1.165, 1.54) is 0 Å². The molecule has 0 radical (unpaired) electrons. The first-order chi connectivity index (χ1) is 5.90. The molecule has 76 valence electrons. The van der Waals surface area contributed by atoms with Crippen LogP contribution < -0.4 is 11.1 Å². The number of carbonyl (C=O) groups is 2. The van der Waals surface area contributed by atoms with Crippen LogP contribution >= 0.6 is 0 Å².